The van der Waals surface area contributed by atoms with Crippen molar-refractivity contribution in [3.05, 3.63) is 12.7 Å². The third kappa shape index (κ3) is 2.42. The molecule has 0 saturated heterocycles. The van der Waals surface area contributed by atoms with Crippen LogP contribution >= 0.6 is 0 Å². The van der Waals surface area contributed by atoms with Crippen LogP contribution in [0, 0.1) is 0 Å². The van der Waals surface area contributed by atoms with Crippen molar-refractivity contribution < 1.29 is 4.79 Å². The highest BCUT2D eigenvalue weighted by Gasteiger charge is 1.97. The zero-order chi connectivity index (χ0) is 6.57. The molecule has 0 aliphatic rings. The highest BCUT2D eigenvalue weighted by atomic mass is 16.2. The Hall–Kier alpha value is -0.765. The molecule has 1 amide bonds. The summed E-state index contributed by atoms with van der Waals surface area (Å²) >= 11 is 0. The molecule has 0 heterocycles. The second-order valence-electron chi connectivity index (χ2n) is 1.50. The molecule has 0 fully saturated rings. The molecule has 0 saturated carbocycles. The normalized spacial score (nSPS) is 8.12. The van der Waals surface area contributed by atoms with E-state index < -0.39 is 0 Å². The summed E-state index contributed by atoms with van der Waals surface area (Å²) in [6, 6.07) is 0. The molecule has 0 spiro atoms. The zero-order valence-corrected chi connectivity index (χ0v) is 4.92. The largest absolute Gasteiger partial charge is 0.335 e. The average molecular weight is 112 g/mol. The van der Waals surface area contributed by atoms with Gasteiger partial charge in [-0.2, -0.15) is 0 Å². The number of nitrogens with zero attached hydrogens (tertiary/aromatic N) is 1. The third-order valence-electron chi connectivity index (χ3n) is 0.712. The lowest BCUT2D eigenvalue weighted by Gasteiger charge is -2.06. The van der Waals surface area contributed by atoms with Crippen LogP contribution in [-0.2, 0) is 4.79 Å². The van der Waals surface area contributed by atoms with Gasteiger partial charge < -0.3 is 4.92 Å². The topological polar surface area (TPSA) is 46.3 Å². The minimum Gasteiger partial charge on any atom is -0.335 e. The van der Waals surface area contributed by atoms with Crippen molar-refractivity contribution in [2.75, 3.05) is 0 Å². The Bertz CT molecular complexity index is 102. The van der Waals surface area contributed by atoms with Crippen LogP contribution < -0.4 is 5.84 Å². The van der Waals surface area contributed by atoms with Crippen LogP contribution in [0.1, 0.15) is 6.42 Å². The van der Waals surface area contributed by atoms with Gasteiger partial charge in [-0.05, 0) is 0 Å². The van der Waals surface area contributed by atoms with E-state index in [4.69, 9.17) is 5.84 Å². The number of hydrogen-bond donors (Lipinski definition) is 1. The van der Waals surface area contributed by atoms with Crippen molar-refractivity contribution in [3.8, 4) is 0 Å². The Kier molecular flexibility index (Phi) is 2.95. The highest BCUT2D eigenvalue weighted by Crippen LogP contribution is 1.81. The van der Waals surface area contributed by atoms with Crippen molar-refractivity contribution in [1.82, 2.24) is 4.92 Å². The van der Waals surface area contributed by atoms with Crippen molar-refractivity contribution in [2.24, 2.45) is 5.84 Å². The maximum Gasteiger partial charge on any atom is 0.242 e. The second-order valence-corrected chi connectivity index (χ2v) is 1.50. The molecule has 0 radical (unpaired) electrons. The summed E-state index contributed by atoms with van der Waals surface area (Å²) in [4.78, 5) is 11.5. The first-order chi connectivity index (χ1) is 3.68. The lowest BCUT2D eigenvalue weighted by molar-refractivity contribution is -0.125. The van der Waals surface area contributed by atoms with Crippen LogP contribution in [0.25, 0.3) is 0 Å². The van der Waals surface area contributed by atoms with Gasteiger partial charge in [0, 0.05) is 6.42 Å². The van der Waals surface area contributed by atoms with Gasteiger partial charge in [-0.25, -0.2) is 0 Å². The number of amides is 1. The maximum atomic E-state index is 10.5. The molecule has 0 aliphatic heterocycles. The van der Waals surface area contributed by atoms with Crippen LogP contribution in [0.15, 0.2) is 12.7 Å². The van der Waals surface area contributed by atoms with E-state index in [-0.39, 0.29) is 5.91 Å². The standard InChI is InChI=1S/C4H9BN2O/c1-2-3-4(8)7(5)6/h2H,1,3,5-6H2. The van der Waals surface area contributed by atoms with E-state index in [9.17, 15) is 4.79 Å². The van der Waals surface area contributed by atoms with Gasteiger partial charge in [0.15, 0.2) is 0 Å². The van der Waals surface area contributed by atoms with Gasteiger partial charge in [0.1, 0.15) is 0 Å². The van der Waals surface area contributed by atoms with Crippen LogP contribution in [0.5, 0.6) is 0 Å². The van der Waals surface area contributed by atoms with Crippen LogP contribution in [0.3, 0.4) is 0 Å². The Balaban J connectivity index is 3.48. The predicted octanol–water partition coefficient (Wildman–Crippen LogP) is -1.19. The lowest BCUT2D eigenvalue weighted by Crippen LogP contribution is -2.33. The fourth-order valence-electron chi connectivity index (χ4n) is 0.267. The summed E-state index contributed by atoms with van der Waals surface area (Å²) in [6.45, 7) is 3.38. The van der Waals surface area contributed by atoms with Crippen molar-refractivity contribution >= 4 is 13.9 Å². The first kappa shape index (κ1) is 7.23. The SMILES string of the molecule is BN(N)C(=O)CC=C. The molecule has 0 rings (SSSR count). The molecule has 4 heteroatoms. The molecule has 0 aromatic heterocycles. The minimum atomic E-state index is -0.125. The van der Waals surface area contributed by atoms with Gasteiger partial charge in [-0.1, -0.05) is 6.08 Å². The molecule has 2 N–H and O–H groups in total. The molecule has 0 unspecified atom stereocenters. The number of hydrogen-bond acceptors (Lipinski definition) is 2. The fraction of sp³-hybridized carbons (Fsp3) is 0.250. The molecule has 0 aliphatic carbocycles. The van der Waals surface area contributed by atoms with Crippen LogP contribution in [-0.4, -0.2) is 18.8 Å². The summed E-state index contributed by atoms with van der Waals surface area (Å²) in [5.74, 6) is 4.93. The zero-order valence-electron chi connectivity index (χ0n) is 4.92. The van der Waals surface area contributed by atoms with Crippen molar-refractivity contribution in [1.29, 1.82) is 0 Å². The summed E-state index contributed by atoms with van der Waals surface area (Å²) in [5.41, 5.74) is 0. The van der Waals surface area contributed by atoms with Crippen molar-refractivity contribution in [2.45, 2.75) is 6.42 Å². The summed E-state index contributed by atoms with van der Waals surface area (Å²) in [7, 11) is 1.51. The predicted molar refractivity (Wildman–Crippen MR) is 34.4 cm³/mol. The number of carbonyl (C=O) groups is 1. The van der Waals surface area contributed by atoms with Crippen LogP contribution in [0.4, 0.5) is 0 Å². The van der Waals surface area contributed by atoms with Gasteiger partial charge >= 0.3 is 0 Å². The van der Waals surface area contributed by atoms with E-state index in [0.29, 0.717) is 6.42 Å². The highest BCUT2D eigenvalue weighted by molar-refractivity contribution is 6.13. The van der Waals surface area contributed by atoms with Gasteiger partial charge in [-0.15, -0.1) is 6.58 Å². The van der Waals surface area contributed by atoms with Gasteiger partial charge in [0.25, 0.3) is 0 Å². The fourth-order valence-corrected chi connectivity index (χ4v) is 0.267. The lowest BCUT2D eigenvalue weighted by atomic mass is 10.3. The molecule has 0 atom stereocenters. The van der Waals surface area contributed by atoms with E-state index in [1.807, 2.05) is 0 Å². The van der Waals surface area contributed by atoms with E-state index in [2.05, 4.69) is 6.58 Å². The monoisotopic (exact) mass is 112 g/mol. The maximum absolute atomic E-state index is 10.5. The van der Waals surface area contributed by atoms with Gasteiger partial charge in [0.05, 0.1) is 0 Å². The number of hydrazine groups is 1. The van der Waals surface area contributed by atoms with Gasteiger partial charge in [0.2, 0.25) is 13.9 Å². The second kappa shape index (κ2) is 3.26. The van der Waals surface area contributed by atoms with Crippen molar-refractivity contribution in [3.63, 3.8) is 0 Å². The summed E-state index contributed by atoms with van der Waals surface area (Å²) < 4.78 is 0. The number of carbonyl (C=O) groups excluding carboxylic acids is 1. The molecule has 3 nitrogen and oxygen atoms in total. The molecule has 0 bridgehead atoms. The third-order valence-corrected chi connectivity index (χ3v) is 0.712. The molecule has 0 aromatic carbocycles. The molecular weight excluding hydrogens is 103 g/mol. The molecule has 0 aromatic rings. The molecular formula is C4H9BN2O. The summed E-state index contributed by atoms with van der Waals surface area (Å²) in [5, 5.41) is 0. The average Bonchev–Trinajstić information content (AvgIpc) is 1.67. The van der Waals surface area contributed by atoms with Gasteiger partial charge in [-0.3, -0.25) is 10.6 Å². The summed E-state index contributed by atoms with van der Waals surface area (Å²) in [6.07, 6.45) is 1.83. The Morgan fingerprint density at radius 2 is 2.50 bits per heavy atom. The molecule has 8 heavy (non-hydrogen) atoms. The Morgan fingerprint density at radius 3 is 2.62 bits per heavy atom. The van der Waals surface area contributed by atoms with E-state index in [0.717, 1.165) is 4.92 Å². The quantitative estimate of drug-likeness (QED) is 0.160. The first-order valence-electron chi connectivity index (χ1n) is 2.30. The molecule has 44 valence electrons. The Morgan fingerprint density at radius 1 is 2.00 bits per heavy atom. The number of rotatable bonds is 2. The van der Waals surface area contributed by atoms with Crippen LogP contribution in [0.2, 0.25) is 0 Å². The first-order valence-corrected chi connectivity index (χ1v) is 2.30. The van der Waals surface area contributed by atoms with E-state index in [1.165, 1.54) is 14.1 Å². The Labute approximate surface area is 49.6 Å². The number of nitrogens with two attached hydrogens (primary N) is 1. The smallest absolute Gasteiger partial charge is 0.242 e. The van der Waals surface area contributed by atoms with E-state index in [1.54, 1.807) is 0 Å². The minimum absolute atomic E-state index is 0.125. The van der Waals surface area contributed by atoms with E-state index >= 15 is 0 Å².